The van der Waals surface area contributed by atoms with Crippen molar-refractivity contribution >= 4 is 18.1 Å². The molecule has 0 spiro atoms. The standard InChI is InChI=1S/C17H13FN4O2.Li.H2O/c1-22-15(9-8-14-7-4-12(10-19-14)17(23)24)16(20-21-22)11-2-5-13(18)6-3-11;;/h2-10H,1H3,(H,23,24);;1H2/q;+1;/p-1/b9-8+;;. The third-order valence-corrected chi connectivity index (χ3v) is 3.43. The summed E-state index contributed by atoms with van der Waals surface area (Å²) in [4.78, 5) is 14.9. The van der Waals surface area contributed by atoms with Crippen LogP contribution in [0.2, 0.25) is 0 Å². The van der Waals surface area contributed by atoms with Gasteiger partial charge >= 0.3 is 24.8 Å². The molecule has 2 N–H and O–H groups in total. The number of aromatic nitrogens is 4. The van der Waals surface area contributed by atoms with Crippen molar-refractivity contribution in [3.05, 3.63) is 65.4 Å². The van der Waals surface area contributed by atoms with Crippen molar-refractivity contribution in [3.63, 3.8) is 0 Å². The molecule has 3 aromatic rings. The maximum Gasteiger partial charge on any atom is 1.00 e. The van der Waals surface area contributed by atoms with Gasteiger partial charge in [-0.25, -0.2) is 13.9 Å². The Kier molecular flexibility index (Phi) is 7.40. The van der Waals surface area contributed by atoms with Crippen molar-refractivity contribution < 1.29 is 38.6 Å². The van der Waals surface area contributed by atoms with E-state index in [-0.39, 0.29) is 35.7 Å². The number of rotatable bonds is 4. The van der Waals surface area contributed by atoms with Gasteiger partial charge in [-0.3, -0.25) is 4.98 Å². The Morgan fingerprint density at radius 1 is 1.15 bits per heavy atom. The number of nitrogens with zero attached hydrogens (tertiary/aromatic N) is 4. The zero-order valence-electron chi connectivity index (χ0n) is 14.2. The fourth-order valence-corrected chi connectivity index (χ4v) is 2.16. The fourth-order valence-electron chi connectivity index (χ4n) is 2.16. The van der Waals surface area contributed by atoms with Gasteiger partial charge in [0.25, 0.3) is 0 Å². The van der Waals surface area contributed by atoms with Gasteiger partial charge in [0.1, 0.15) is 11.5 Å². The third kappa shape index (κ3) is 4.64. The summed E-state index contributed by atoms with van der Waals surface area (Å²) < 4.78 is 14.7. The van der Waals surface area contributed by atoms with Crippen LogP contribution < -0.4 is 18.9 Å². The summed E-state index contributed by atoms with van der Waals surface area (Å²) in [6.07, 6.45) is 4.81. The first kappa shape index (κ1) is 21.3. The predicted molar refractivity (Wildman–Crippen MR) is 88.5 cm³/mol. The average Bonchev–Trinajstić information content (AvgIpc) is 2.95. The second kappa shape index (κ2) is 9.06. The van der Waals surface area contributed by atoms with Crippen LogP contribution in [-0.4, -0.2) is 36.5 Å². The zero-order chi connectivity index (χ0) is 17.1. The van der Waals surface area contributed by atoms with Gasteiger partial charge in [0, 0.05) is 18.8 Å². The molecule has 2 heterocycles. The van der Waals surface area contributed by atoms with E-state index in [2.05, 4.69) is 15.3 Å². The first-order valence-corrected chi connectivity index (χ1v) is 7.07. The summed E-state index contributed by atoms with van der Waals surface area (Å²) in [6.45, 7) is 0. The molecule has 0 unspecified atom stereocenters. The number of hydrogen-bond acceptors (Lipinski definition) is 5. The smallest absolute Gasteiger partial charge is 0.870 e. The first-order valence-electron chi connectivity index (χ1n) is 7.07. The second-order valence-electron chi connectivity index (χ2n) is 5.06. The van der Waals surface area contributed by atoms with Crippen LogP contribution >= 0.6 is 0 Å². The summed E-state index contributed by atoms with van der Waals surface area (Å²) in [5, 5.41) is 17.0. The minimum Gasteiger partial charge on any atom is -0.870 e. The van der Waals surface area contributed by atoms with Crippen molar-refractivity contribution in [2.45, 2.75) is 0 Å². The van der Waals surface area contributed by atoms with Crippen LogP contribution in [0.5, 0.6) is 0 Å². The van der Waals surface area contributed by atoms with Gasteiger partial charge in [-0.2, -0.15) is 0 Å². The molecule has 0 fully saturated rings. The number of pyridine rings is 1. The molecule has 0 saturated heterocycles. The Labute approximate surface area is 160 Å². The molecule has 0 aliphatic rings. The zero-order valence-corrected chi connectivity index (χ0v) is 14.2. The molecule has 1 aromatic carbocycles. The summed E-state index contributed by atoms with van der Waals surface area (Å²) in [7, 11) is 1.75. The van der Waals surface area contributed by atoms with E-state index in [0.29, 0.717) is 11.4 Å². The number of aryl methyl sites for hydroxylation is 1. The molecule has 0 aliphatic heterocycles. The van der Waals surface area contributed by atoms with Crippen LogP contribution in [0.4, 0.5) is 4.39 Å². The summed E-state index contributed by atoms with van der Waals surface area (Å²) in [6, 6.07) is 9.10. The number of benzene rings is 1. The van der Waals surface area contributed by atoms with E-state index in [1.54, 1.807) is 42.1 Å². The largest absolute Gasteiger partial charge is 1.00 e. The number of halogens is 1. The Morgan fingerprint density at radius 2 is 1.85 bits per heavy atom. The number of carboxylic acid groups (broad SMARTS) is 1. The quantitative estimate of drug-likeness (QED) is 0.649. The van der Waals surface area contributed by atoms with E-state index >= 15 is 0 Å². The van der Waals surface area contributed by atoms with E-state index < -0.39 is 5.97 Å². The Hall–Kier alpha value is -2.79. The molecule has 128 valence electrons. The van der Waals surface area contributed by atoms with Gasteiger partial charge in [0.15, 0.2) is 0 Å². The van der Waals surface area contributed by atoms with Gasteiger partial charge in [0.05, 0.1) is 17.0 Å². The topological polar surface area (TPSA) is 111 Å². The van der Waals surface area contributed by atoms with Crippen molar-refractivity contribution in [1.29, 1.82) is 0 Å². The van der Waals surface area contributed by atoms with Crippen LogP contribution in [0, 0.1) is 5.82 Å². The maximum absolute atomic E-state index is 13.1. The van der Waals surface area contributed by atoms with E-state index in [9.17, 15) is 9.18 Å². The average molecular weight is 348 g/mol. The SMILES string of the molecule is Cn1nnc(-c2ccc(F)cc2)c1/C=C/c1ccc(C(=O)O)cn1.[Li+].[OH-]. The van der Waals surface area contributed by atoms with Gasteiger partial charge in [0.2, 0.25) is 0 Å². The van der Waals surface area contributed by atoms with Gasteiger partial charge in [-0.1, -0.05) is 5.21 Å². The number of hydrogen-bond donors (Lipinski definition) is 1. The molecule has 0 saturated carbocycles. The Morgan fingerprint density at radius 3 is 2.42 bits per heavy atom. The molecule has 0 radical (unpaired) electrons. The summed E-state index contributed by atoms with van der Waals surface area (Å²) in [5.74, 6) is -1.34. The molecule has 0 aliphatic carbocycles. The molecule has 7 nitrogen and oxygen atoms in total. The molecule has 26 heavy (non-hydrogen) atoms. The van der Waals surface area contributed by atoms with Gasteiger partial charge in [-0.05, 0) is 48.6 Å². The normalized spacial score (nSPS) is 10.2. The van der Waals surface area contributed by atoms with E-state index in [1.807, 2.05) is 0 Å². The van der Waals surface area contributed by atoms with Crippen LogP contribution in [-0.2, 0) is 7.05 Å². The van der Waals surface area contributed by atoms with Gasteiger partial charge < -0.3 is 10.6 Å². The number of aromatic carboxylic acids is 1. The summed E-state index contributed by atoms with van der Waals surface area (Å²) in [5.41, 5.74) is 2.83. The van der Waals surface area contributed by atoms with Gasteiger partial charge in [-0.15, -0.1) is 5.10 Å². The van der Waals surface area contributed by atoms with Crippen molar-refractivity contribution in [3.8, 4) is 11.3 Å². The van der Waals surface area contributed by atoms with Crippen LogP contribution in [0.3, 0.4) is 0 Å². The Balaban J connectivity index is 0.00000169. The molecular formula is C17H14FLiN4O3. The minimum atomic E-state index is -1.02. The van der Waals surface area contributed by atoms with Crippen molar-refractivity contribution in [1.82, 2.24) is 20.0 Å². The molecule has 0 amide bonds. The Bertz CT molecular complexity index is 909. The first-order chi connectivity index (χ1) is 11.5. The third-order valence-electron chi connectivity index (χ3n) is 3.43. The molecule has 3 rings (SSSR count). The van der Waals surface area contributed by atoms with Crippen molar-refractivity contribution in [2.24, 2.45) is 7.05 Å². The van der Waals surface area contributed by atoms with Crippen LogP contribution in [0.15, 0.2) is 42.6 Å². The van der Waals surface area contributed by atoms with E-state index in [4.69, 9.17) is 5.11 Å². The molecular weight excluding hydrogens is 334 g/mol. The molecule has 0 atom stereocenters. The monoisotopic (exact) mass is 348 g/mol. The van der Waals surface area contributed by atoms with Crippen LogP contribution in [0.1, 0.15) is 21.7 Å². The van der Waals surface area contributed by atoms with Crippen LogP contribution in [0.25, 0.3) is 23.4 Å². The predicted octanol–water partition coefficient (Wildman–Crippen LogP) is -0.288. The second-order valence-corrected chi connectivity index (χ2v) is 5.06. The van der Waals surface area contributed by atoms with E-state index in [1.165, 1.54) is 24.4 Å². The molecule has 0 bridgehead atoms. The fraction of sp³-hybridized carbons (Fsp3) is 0.0588. The number of carboxylic acids is 1. The van der Waals surface area contributed by atoms with E-state index in [0.717, 1.165) is 11.3 Å². The van der Waals surface area contributed by atoms with Crippen molar-refractivity contribution in [2.75, 3.05) is 0 Å². The summed E-state index contributed by atoms with van der Waals surface area (Å²) >= 11 is 0. The minimum absolute atomic E-state index is 0. The molecule has 2 aromatic heterocycles. The maximum atomic E-state index is 13.1. The number of carbonyl (C=O) groups is 1. The molecule has 9 heteroatoms.